The normalized spacial score (nSPS) is 16.2. The van der Waals surface area contributed by atoms with Crippen molar-refractivity contribution in [2.45, 2.75) is 19.9 Å². The van der Waals surface area contributed by atoms with Crippen LogP contribution in [0.4, 0.5) is 0 Å². The molecule has 1 aromatic carbocycles. The van der Waals surface area contributed by atoms with Crippen molar-refractivity contribution in [1.29, 1.82) is 0 Å². The van der Waals surface area contributed by atoms with Crippen molar-refractivity contribution in [3.63, 3.8) is 0 Å². The Labute approximate surface area is 154 Å². The minimum atomic E-state index is -0.145. The molecular formula is C20H26N2O4. The Morgan fingerprint density at radius 3 is 2.73 bits per heavy atom. The number of benzene rings is 1. The Balaban J connectivity index is 1.55. The first-order valence-electron chi connectivity index (χ1n) is 8.96. The number of nitrogens with one attached hydrogen (secondary N) is 1. The van der Waals surface area contributed by atoms with Gasteiger partial charge in [-0.2, -0.15) is 0 Å². The highest BCUT2D eigenvalue weighted by atomic mass is 16.5. The molecule has 3 rings (SSSR count). The average molecular weight is 358 g/mol. The van der Waals surface area contributed by atoms with Crippen LogP contribution in [0, 0.1) is 13.8 Å². The minimum Gasteiger partial charge on any atom is -0.484 e. The van der Waals surface area contributed by atoms with Crippen molar-refractivity contribution in [2.75, 3.05) is 39.5 Å². The summed E-state index contributed by atoms with van der Waals surface area (Å²) in [5, 5.41) is 2.97. The highest BCUT2D eigenvalue weighted by molar-refractivity contribution is 5.77. The fourth-order valence-corrected chi connectivity index (χ4v) is 3.05. The molecule has 1 N–H and O–H groups in total. The van der Waals surface area contributed by atoms with Gasteiger partial charge in [0.1, 0.15) is 17.3 Å². The van der Waals surface area contributed by atoms with E-state index in [0.717, 1.165) is 30.2 Å². The maximum atomic E-state index is 12.2. The zero-order valence-electron chi connectivity index (χ0n) is 15.4. The molecule has 1 fully saturated rings. The molecule has 1 saturated heterocycles. The summed E-state index contributed by atoms with van der Waals surface area (Å²) in [5.74, 6) is 2.29. The second-order valence-electron chi connectivity index (χ2n) is 6.52. The third-order valence-corrected chi connectivity index (χ3v) is 4.43. The van der Waals surface area contributed by atoms with Crippen LogP contribution in [0.5, 0.6) is 5.75 Å². The number of ether oxygens (including phenoxy) is 2. The van der Waals surface area contributed by atoms with Gasteiger partial charge in [-0.3, -0.25) is 9.69 Å². The van der Waals surface area contributed by atoms with E-state index in [2.05, 4.69) is 10.2 Å². The van der Waals surface area contributed by atoms with E-state index in [9.17, 15) is 4.79 Å². The molecule has 1 amide bonds. The number of morpholine rings is 1. The largest absolute Gasteiger partial charge is 0.484 e. The summed E-state index contributed by atoms with van der Waals surface area (Å²) in [7, 11) is 0. The third-order valence-electron chi connectivity index (χ3n) is 4.43. The van der Waals surface area contributed by atoms with Gasteiger partial charge in [-0.1, -0.05) is 12.1 Å². The molecule has 26 heavy (non-hydrogen) atoms. The van der Waals surface area contributed by atoms with E-state index >= 15 is 0 Å². The first-order chi connectivity index (χ1) is 12.6. The van der Waals surface area contributed by atoms with Crippen LogP contribution in [0.25, 0.3) is 0 Å². The van der Waals surface area contributed by atoms with Gasteiger partial charge >= 0.3 is 0 Å². The fraction of sp³-hybridized carbons (Fsp3) is 0.450. The van der Waals surface area contributed by atoms with Crippen molar-refractivity contribution in [3.05, 3.63) is 53.5 Å². The molecule has 0 radical (unpaired) electrons. The number of hydrogen-bond acceptors (Lipinski definition) is 5. The lowest BCUT2D eigenvalue weighted by molar-refractivity contribution is -0.123. The number of carbonyl (C=O) groups is 1. The van der Waals surface area contributed by atoms with Crippen LogP contribution in [-0.4, -0.2) is 50.3 Å². The maximum Gasteiger partial charge on any atom is 0.258 e. The van der Waals surface area contributed by atoms with Crippen molar-refractivity contribution in [3.8, 4) is 5.75 Å². The van der Waals surface area contributed by atoms with Gasteiger partial charge in [-0.05, 0) is 43.7 Å². The van der Waals surface area contributed by atoms with Gasteiger partial charge in [-0.15, -0.1) is 0 Å². The number of furan rings is 1. The topological polar surface area (TPSA) is 63.9 Å². The summed E-state index contributed by atoms with van der Waals surface area (Å²) in [5.41, 5.74) is 1.10. The van der Waals surface area contributed by atoms with Crippen molar-refractivity contribution in [2.24, 2.45) is 0 Å². The fourth-order valence-electron chi connectivity index (χ4n) is 3.05. The summed E-state index contributed by atoms with van der Waals surface area (Å²) >= 11 is 0. The average Bonchev–Trinajstić information content (AvgIpc) is 3.07. The van der Waals surface area contributed by atoms with Gasteiger partial charge in [-0.25, -0.2) is 0 Å². The zero-order chi connectivity index (χ0) is 18.4. The Bertz CT molecular complexity index is 722. The second kappa shape index (κ2) is 8.87. The summed E-state index contributed by atoms with van der Waals surface area (Å²) in [4.78, 5) is 14.5. The van der Waals surface area contributed by atoms with Crippen LogP contribution in [-0.2, 0) is 9.53 Å². The summed E-state index contributed by atoms with van der Waals surface area (Å²) in [6.45, 7) is 7.42. The van der Waals surface area contributed by atoms with Crippen LogP contribution in [0.15, 0.2) is 40.8 Å². The number of aryl methyl sites for hydroxylation is 2. The predicted octanol–water partition coefficient (Wildman–Crippen LogP) is 2.46. The number of amides is 1. The SMILES string of the molecule is Cc1cccc(OCC(=O)NCC(c2ccc(C)o2)N2CCOCC2)c1. The van der Waals surface area contributed by atoms with Crippen LogP contribution in [0.1, 0.15) is 23.1 Å². The van der Waals surface area contributed by atoms with E-state index in [1.807, 2.05) is 50.2 Å². The lowest BCUT2D eigenvalue weighted by Gasteiger charge is -2.33. The Morgan fingerprint density at radius 2 is 2.04 bits per heavy atom. The molecule has 6 heteroatoms. The van der Waals surface area contributed by atoms with E-state index in [0.29, 0.717) is 25.5 Å². The Morgan fingerprint density at radius 1 is 1.23 bits per heavy atom. The third kappa shape index (κ3) is 5.09. The van der Waals surface area contributed by atoms with Crippen molar-refractivity contribution in [1.82, 2.24) is 10.2 Å². The van der Waals surface area contributed by atoms with Crippen LogP contribution >= 0.6 is 0 Å². The van der Waals surface area contributed by atoms with Crippen LogP contribution < -0.4 is 10.1 Å². The second-order valence-corrected chi connectivity index (χ2v) is 6.52. The van der Waals surface area contributed by atoms with Gasteiger partial charge in [0.2, 0.25) is 0 Å². The molecule has 2 aromatic rings. The predicted molar refractivity (Wildman–Crippen MR) is 98.3 cm³/mol. The highest BCUT2D eigenvalue weighted by Crippen LogP contribution is 2.23. The van der Waals surface area contributed by atoms with Crippen LogP contribution in [0.3, 0.4) is 0 Å². The Hall–Kier alpha value is -2.31. The van der Waals surface area contributed by atoms with E-state index in [1.165, 1.54) is 0 Å². The Kier molecular flexibility index (Phi) is 6.30. The summed E-state index contributed by atoms with van der Waals surface area (Å²) in [6, 6.07) is 11.6. The maximum absolute atomic E-state index is 12.2. The molecule has 1 aromatic heterocycles. The van der Waals surface area contributed by atoms with Gasteiger partial charge in [0.25, 0.3) is 5.91 Å². The highest BCUT2D eigenvalue weighted by Gasteiger charge is 2.25. The van der Waals surface area contributed by atoms with Crippen molar-refractivity contribution >= 4 is 5.91 Å². The van der Waals surface area contributed by atoms with Gasteiger partial charge in [0.15, 0.2) is 6.61 Å². The number of carbonyl (C=O) groups excluding carboxylic acids is 1. The quantitative estimate of drug-likeness (QED) is 0.824. The first kappa shape index (κ1) is 18.5. The lowest BCUT2D eigenvalue weighted by Crippen LogP contribution is -2.44. The number of rotatable bonds is 7. The molecule has 1 unspecified atom stereocenters. The van der Waals surface area contributed by atoms with Gasteiger partial charge in [0, 0.05) is 19.6 Å². The molecule has 0 aliphatic carbocycles. The molecular weight excluding hydrogens is 332 g/mol. The molecule has 1 atom stereocenters. The summed E-state index contributed by atoms with van der Waals surface area (Å²) in [6.07, 6.45) is 0. The van der Waals surface area contributed by atoms with Gasteiger partial charge in [0.05, 0.1) is 19.3 Å². The van der Waals surface area contributed by atoms with E-state index in [1.54, 1.807) is 0 Å². The molecule has 1 aliphatic heterocycles. The monoisotopic (exact) mass is 358 g/mol. The molecule has 140 valence electrons. The standard InChI is InChI=1S/C20H26N2O4/c1-15-4-3-5-17(12-15)25-14-20(23)21-13-18(19-7-6-16(2)26-19)22-8-10-24-11-9-22/h3-7,12,18H,8-11,13-14H2,1-2H3,(H,21,23). The first-order valence-corrected chi connectivity index (χ1v) is 8.96. The lowest BCUT2D eigenvalue weighted by atomic mass is 10.1. The van der Waals surface area contributed by atoms with E-state index in [4.69, 9.17) is 13.9 Å². The molecule has 0 bridgehead atoms. The molecule has 1 aliphatic rings. The van der Waals surface area contributed by atoms with Gasteiger partial charge < -0.3 is 19.2 Å². The van der Waals surface area contributed by atoms with E-state index < -0.39 is 0 Å². The number of nitrogens with zero attached hydrogens (tertiary/aromatic N) is 1. The summed E-state index contributed by atoms with van der Waals surface area (Å²) < 4.78 is 16.8. The van der Waals surface area contributed by atoms with Crippen molar-refractivity contribution < 1.29 is 18.7 Å². The smallest absolute Gasteiger partial charge is 0.258 e. The molecule has 2 heterocycles. The van der Waals surface area contributed by atoms with E-state index in [-0.39, 0.29) is 18.6 Å². The molecule has 6 nitrogen and oxygen atoms in total. The van der Waals surface area contributed by atoms with Crippen LogP contribution in [0.2, 0.25) is 0 Å². The zero-order valence-corrected chi connectivity index (χ0v) is 15.4. The molecule has 0 saturated carbocycles. The minimum absolute atomic E-state index is 0.00350. The number of hydrogen-bond donors (Lipinski definition) is 1. The molecule has 0 spiro atoms.